The van der Waals surface area contributed by atoms with Gasteiger partial charge in [-0.15, -0.1) is 82.0 Å². The summed E-state index contributed by atoms with van der Waals surface area (Å²) in [5.74, 6) is 0. The van der Waals surface area contributed by atoms with Gasteiger partial charge in [-0.05, 0) is 0 Å². The molecular weight excluding hydrogens is 320 g/mol. The number of rotatable bonds is 0. The van der Waals surface area contributed by atoms with Crippen molar-refractivity contribution in [3.05, 3.63) is 0 Å². The fourth-order valence-electron chi connectivity index (χ4n) is 1.05. The first kappa shape index (κ1) is 15.0. The molecule has 1 saturated carbocycles. The van der Waals surface area contributed by atoms with E-state index in [0.717, 1.165) is 0 Å². The highest BCUT2D eigenvalue weighted by Gasteiger charge is 2.46. The van der Waals surface area contributed by atoms with Gasteiger partial charge in [0.2, 0.25) is 0 Å². The van der Waals surface area contributed by atoms with Crippen molar-refractivity contribution in [2.24, 2.45) is 0 Å². The molecule has 0 bridgehead atoms. The van der Waals surface area contributed by atoms with E-state index in [4.69, 9.17) is 69.6 Å². The van der Waals surface area contributed by atoms with Gasteiger partial charge in [-0.25, -0.2) is 0 Å². The van der Waals surface area contributed by atoms with Crippen LogP contribution in [-0.4, -0.2) is 32.3 Å². The summed E-state index contributed by atoms with van der Waals surface area (Å²) < 4.78 is 0. The largest absolute Gasteiger partial charge is 0.147 e. The van der Waals surface area contributed by atoms with Gasteiger partial charge in [0.15, 0.2) is 0 Å². The summed E-state index contributed by atoms with van der Waals surface area (Å²) in [5.41, 5.74) is 0. The highest BCUT2D eigenvalue weighted by Crippen LogP contribution is 2.39. The molecule has 0 aromatic carbocycles. The maximum absolute atomic E-state index is 5.88. The number of hydrogen-bond acceptors (Lipinski definition) is 0. The zero-order chi connectivity index (χ0) is 9.46. The summed E-state index contributed by atoms with van der Waals surface area (Å²) in [6.07, 6.45) is 0. The molecule has 0 radical (unpaired) electrons. The molecule has 0 aromatic heterocycles. The number of halogens is 7. The van der Waals surface area contributed by atoms with E-state index in [9.17, 15) is 0 Å². The Kier molecular flexibility index (Phi) is 6.86. The summed E-state index contributed by atoms with van der Waals surface area (Å²) >= 11 is 35.3. The van der Waals surface area contributed by atoms with Gasteiger partial charge in [0.1, 0.15) is 0 Å². The summed E-state index contributed by atoms with van der Waals surface area (Å²) in [7, 11) is 0. The van der Waals surface area contributed by atoms with E-state index in [0.29, 0.717) is 0 Å². The Bertz CT molecular complexity index is 105. The summed E-state index contributed by atoms with van der Waals surface area (Å²) in [5, 5.41) is -2.62. The third-order valence-corrected chi connectivity index (χ3v) is 5.86. The maximum Gasteiger partial charge on any atom is 0.0693 e. The first-order valence-corrected chi connectivity index (χ1v) is 5.93. The minimum atomic E-state index is -0.437. The quantitative estimate of drug-likeness (QED) is 0.589. The van der Waals surface area contributed by atoms with Crippen LogP contribution in [0.3, 0.4) is 0 Å². The Morgan fingerprint density at radius 3 is 0.538 bits per heavy atom. The molecule has 1 aliphatic carbocycles. The molecule has 0 spiro atoms. The zero-order valence-corrected chi connectivity index (χ0v) is 11.5. The van der Waals surface area contributed by atoms with E-state index in [1.807, 2.05) is 0 Å². The predicted molar refractivity (Wildman–Crippen MR) is 65.1 cm³/mol. The Hall–Kier alpha value is 2.03. The van der Waals surface area contributed by atoms with E-state index < -0.39 is 32.3 Å². The SMILES string of the molecule is Cl.ClC1C(Cl)C(Cl)C(Cl)C(Cl)C1Cl. The standard InChI is InChI=1S/C6H6Cl6.ClH/c7-1-2(8)4(10)6(12)5(11)3(1)9;/h1-6H;1H. The van der Waals surface area contributed by atoms with Crippen molar-refractivity contribution >= 4 is 82.0 Å². The van der Waals surface area contributed by atoms with Crippen molar-refractivity contribution < 1.29 is 0 Å². The molecule has 1 aliphatic rings. The molecule has 0 unspecified atom stereocenters. The average Bonchev–Trinajstić information content (AvgIpc) is 2.08. The Morgan fingerprint density at radius 1 is 0.385 bits per heavy atom. The molecular formula is C6H7Cl7. The topological polar surface area (TPSA) is 0 Å². The molecule has 0 nitrogen and oxygen atoms in total. The van der Waals surface area contributed by atoms with Crippen LogP contribution in [0.4, 0.5) is 0 Å². The zero-order valence-electron chi connectivity index (χ0n) is 6.14. The van der Waals surface area contributed by atoms with Crippen LogP contribution in [-0.2, 0) is 0 Å². The van der Waals surface area contributed by atoms with Gasteiger partial charge in [-0.3, -0.25) is 0 Å². The molecule has 1 fully saturated rings. The van der Waals surface area contributed by atoms with Crippen LogP contribution < -0.4 is 0 Å². The lowest BCUT2D eigenvalue weighted by molar-refractivity contribution is 0.544. The number of hydrogen-bond donors (Lipinski definition) is 0. The van der Waals surface area contributed by atoms with Gasteiger partial charge < -0.3 is 0 Å². The molecule has 0 amide bonds. The van der Waals surface area contributed by atoms with Gasteiger partial charge in [0.25, 0.3) is 0 Å². The van der Waals surface area contributed by atoms with Gasteiger partial charge in [0, 0.05) is 0 Å². The fourth-order valence-corrected chi connectivity index (χ4v) is 3.38. The normalized spacial score (nSPS) is 51.2. The van der Waals surface area contributed by atoms with Gasteiger partial charge >= 0.3 is 0 Å². The van der Waals surface area contributed by atoms with Crippen molar-refractivity contribution in [3.8, 4) is 0 Å². The highest BCUT2D eigenvalue weighted by molar-refractivity contribution is 6.45. The molecule has 7 heteroatoms. The predicted octanol–water partition coefficient (Wildman–Crippen LogP) is 4.07. The average molecular weight is 327 g/mol. The lowest BCUT2D eigenvalue weighted by Gasteiger charge is -2.37. The first-order chi connectivity index (χ1) is 5.46. The molecule has 0 saturated heterocycles. The third-order valence-electron chi connectivity index (χ3n) is 1.83. The maximum atomic E-state index is 5.88. The second-order valence-corrected chi connectivity index (χ2v) is 5.69. The van der Waals surface area contributed by atoms with Gasteiger partial charge in [0.05, 0.1) is 32.3 Å². The molecule has 0 heterocycles. The van der Waals surface area contributed by atoms with Crippen LogP contribution in [0.2, 0.25) is 0 Å². The minimum Gasteiger partial charge on any atom is -0.147 e. The number of alkyl halides is 6. The molecule has 0 aliphatic heterocycles. The van der Waals surface area contributed by atoms with E-state index >= 15 is 0 Å². The molecule has 80 valence electrons. The molecule has 1 rings (SSSR count). The monoisotopic (exact) mass is 324 g/mol. The van der Waals surface area contributed by atoms with Crippen LogP contribution in [0.15, 0.2) is 0 Å². The molecule has 0 aromatic rings. The van der Waals surface area contributed by atoms with Gasteiger partial charge in [-0.1, -0.05) is 0 Å². The Labute approximate surface area is 114 Å². The fraction of sp³-hybridized carbons (Fsp3) is 1.00. The highest BCUT2D eigenvalue weighted by atomic mass is 35.5. The van der Waals surface area contributed by atoms with Crippen LogP contribution in [0.25, 0.3) is 0 Å². The smallest absolute Gasteiger partial charge is 0.0693 e. The van der Waals surface area contributed by atoms with Crippen molar-refractivity contribution in [1.82, 2.24) is 0 Å². The van der Waals surface area contributed by atoms with E-state index in [-0.39, 0.29) is 12.4 Å². The van der Waals surface area contributed by atoms with Gasteiger partial charge in [-0.2, -0.15) is 0 Å². The second-order valence-electron chi connectivity index (χ2n) is 2.67. The Morgan fingerprint density at radius 2 is 0.462 bits per heavy atom. The summed E-state index contributed by atoms with van der Waals surface area (Å²) in [6.45, 7) is 0. The molecule has 0 N–H and O–H groups in total. The Balaban J connectivity index is 0.00000144. The van der Waals surface area contributed by atoms with Crippen molar-refractivity contribution in [1.29, 1.82) is 0 Å². The van der Waals surface area contributed by atoms with E-state index in [1.54, 1.807) is 0 Å². The van der Waals surface area contributed by atoms with Crippen molar-refractivity contribution in [3.63, 3.8) is 0 Å². The lowest BCUT2D eigenvalue weighted by atomic mass is 9.97. The van der Waals surface area contributed by atoms with Crippen molar-refractivity contribution in [2.45, 2.75) is 32.3 Å². The van der Waals surface area contributed by atoms with Crippen LogP contribution in [0.1, 0.15) is 0 Å². The summed E-state index contributed by atoms with van der Waals surface area (Å²) in [6, 6.07) is 0. The molecule has 0 atom stereocenters. The first-order valence-electron chi connectivity index (χ1n) is 3.31. The van der Waals surface area contributed by atoms with Crippen LogP contribution in [0.5, 0.6) is 0 Å². The third kappa shape index (κ3) is 3.00. The second kappa shape index (κ2) is 5.94. The van der Waals surface area contributed by atoms with E-state index in [2.05, 4.69) is 0 Å². The minimum absolute atomic E-state index is 0. The molecule has 13 heavy (non-hydrogen) atoms. The van der Waals surface area contributed by atoms with Crippen molar-refractivity contribution in [2.75, 3.05) is 0 Å². The van der Waals surface area contributed by atoms with Crippen LogP contribution in [0, 0.1) is 0 Å². The van der Waals surface area contributed by atoms with Crippen LogP contribution >= 0.6 is 82.0 Å². The summed E-state index contributed by atoms with van der Waals surface area (Å²) in [4.78, 5) is 0. The van der Waals surface area contributed by atoms with E-state index in [1.165, 1.54) is 0 Å². The lowest BCUT2D eigenvalue weighted by Crippen LogP contribution is -2.52.